The van der Waals surface area contributed by atoms with E-state index in [1.807, 2.05) is 0 Å². The van der Waals surface area contributed by atoms with Crippen LogP contribution in [0.25, 0.3) is 0 Å². The molecule has 0 aliphatic heterocycles. The highest BCUT2D eigenvalue weighted by Crippen LogP contribution is 2.21. The summed E-state index contributed by atoms with van der Waals surface area (Å²) in [6.45, 7) is 4.45. The normalized spacial score (nSPS) is 13.8. The summed E-state index contributed by atoms with van der Waals surface area (Å²) < 4.78 is 36.2. The van der Waals surface area contributed by atoms with Crippen LogP contribution in [0.3, 0.4) is 0 Å². The fourth-order valence-corrected chi connectivity index (χ4v) is 1.45. The fraction of sp³-hybridized carbons (Fsp3) is 0.818. The van der Waals surface area contributed by atoms with Gasteiger partial charge in [-0.15, -0.1) is 0 Å². The van der Waals surface area contributed by atoms with Gasteiger partial charge in [0.1, 0.15) is 0 Å². The van der Waals surface area contributed by atoms with E-state index in [0.717, 1.165) is 0 Å². The molecule has 0 bridgehead atoms. The maximum Gasteiger partial charge on any atom is 0.391 e. The van der Waals surface area contributed by atoms with E-state index in [1.54, 1.807) is 13.8 Å². The van der Waals surface area contributed by atoms with Gasteiger partial charge in [-0.1, -0.05) is 0 Å². The van der Waals surface area contributed by atoms with Crippen molar-refractivity contribution in [3.63, 3.8) is 0 Å². The molecule has 2 amide bonds. The molecular formula is C11H19F3N2O3. The summed E-state index contributed by atoms with van der Waals surface area (Å²) in [4.78, 5) is 21.9. The third kappa shape index (κ3) is 10.2. The Balaban J connectivity index is 4.19. The summed E-state index contributed by atoms with van der Waals surface area (Å²) in [5.74, 6) is -0.999. The molecule has 0 rings (SSSR count). The van der Waals surface area contributed by atoms with Crippen molar-refractivity contribution in [2.75, 3.05) is 0 Å². The van der Waals surface area contributed by atoms with Gasteiger partial charge in [0.05, 0.1) is 6.42 Å². The van der Waals surface area contributed by atoms with Crippen molar-refractivity contribution in [3.8, 4) is 0 Å². The molecule has 0 aromatic carbocycles. The summed E-state index contributed by atoms with van der Waals surface area (Å²) in [6.07, 6.45) is -5.41. The monoisotopic (exact) mass is 284 g/mol. The maximum absolute atomic E-state index is 12.1. The molecule has 5 nitrogen and oxygen atoms in total. The van der Waals surface area contributed by atoms with E-state index in [2.05, 4.69) is 10.6 Å². The number of carboxylic acids is 1. The van der Waals surface area contributed by atoms with Gasteiger partial charge in [0, 0.05) is 18.0 Å². The third-order valence-electron chi connectivity index (χ3n) is 2.33. The molecule has 0 saturated carbocycles. The van der Waals surface area contributed by atoms with E-state index in [1.165, 1.54) is 6.92 Å². The Morgan fingerprint density at radius 2 is 1.79 bits per heavy atom. The second kappa shape index (κ2) is 6.63. The molecule has 1 atom stereocenters. The lowest BCUT2D eigenvalue weighted by molar-refractivity contribution is -0.139. The molecule has 0 aromatic rings. The van der Waals surface area contributed by atoms with Gasteiger partial charge < -0.3 is 15.7 Å². The predicted molar refractivity (Wildman–Crippen MR) is 62.8 cm³/mol. The molecule has 0 aliphatic rings. The van der Waals surface area contributed by atoms with Gasteiger partial charge in [-0.25, -0.2) is 4.79 Å². The Hall–Kier alpha value is -1.47. The van der Waals surface area contributed by atoms with Crippen molar-refractivity contribution in [2.45, 2.75) is 57.8 Å². The molecule has 112 valence electrons. The lowest BCUT2D eigenvalue weighted by atomic mass is 9.99. The number of alkyl halides is 3. The van der Waals surface area contributed by atoms with E-state index in [0.29, 0.717) is 0 Å². The molecule has 0 fully saturated rings. The molecule has 0 heterocycles. The van der Waals surface area contributed by atoms with Crippen molar-refractivity contribution < 1.29 is 27.9 Å². The second-order valence-corrected chi connectivity index (χ2v) is 5.10. The summed E-state index contributed by atoms with van der Waals surface area (Å²) >= 11 is 0. The second-order valence-electron chi connectivity index (χ2n) is 5.10. The van der Waals surface area contributed by atoms with E-state index >= 15 is 0 Å². The van der Waals surface area contributed by atoms with E-state index in [4.69, 9.17) is 5.11 Å². The van der Waals surface area contributed by atoms with Crippen LogP contribution in [0.2, 0.25) is 0 Å². The molecule has 0 spiro atoms. The molecule has 0 aromatic heterocycles. The summed E-state index contributed by atoms with van der Waals surface area (Å²) in [5, 5.41) is 13.1. The number of urea groups is 1. The number of carbonyl (C=O) groups is 2. The quantitative estimate of drug-likeness (QED) is 0.700. The van der Waals surface area contributed by atoms with Crippen molar-refractivity contribution in [1.29, 1.82) is 0 Å². The summed E-state index contributed by atoms with van der Waals surface area (Å²) in [5.41, 5.74) is -0.805. The molecule has 0 aliphatic carbocycles. The SMILES string of the molecule is CC(CC(F)(F)F)NC(=O)NC(C)(C)CCC(=O)O. The summed E-state index contributed by atoms with van der Waals surface area (Å²) in [7, 11) is 0. The van der Waals surface area contributed by atoms with Gasteiger partial charge in [0.15, 0.2) is 0 Å². The summed E-state index contributed by atoms with van der Waals surface area (Å²) in [6, 6.07) is -1.79. The Morgan fingerprint density at radius 1 is 1.26 bits per heavy atom. The van der Waals surface area contributed by atoms with Crippen LogP contribution in [0.1, 0.15) is 40.0 Å². The van der Waals surface area contributed by atoms with Crippen LogP contribution in [-0.4, -0.2) is 34.9 Å². The van der Waals surface area contributed by atoms with Gasteiger partial charge in [0.25, 0.3) is 0 Å². The van der Waals surface area contributed by atoms with Crippen LogP contribution in [-0.2, 0) is 4.79 Å². The topological polar surface area (TPSA) is 78.4 Å². The van der Waals surface area contributed by atoms with Gasteiger partial charge in [-0.2, -0.15) is 13.2 Å². The van der Waals surface area contributed by atoms with Crippen LogP contribution in [0.15, 0.2) is 0 Å². The third-order valence-corrected chi connectivity index (χ3v) is 2.33. The zero-order valence-corrected chi connectivity index (χ0v) is 11.1. The van der Waals surface area contributed by atoms with Crippen LogP contribution in [0, 0.1) is 0 Å². The van der Waals surface area contributed by atoms with Gasteiger partial charge in [-0.05, 0) is 27.2 Å². The molecule has 8 heteroatoms. The van der Waals surface area contributed by atoms with E-state index in [-0.39, 0.29) is 12.8 Å². The highest BCUT2D eigenvalue weighted by molar-refractivity contribution is 5.75. The first-order valence-corrected chi connectivity index (χ1v) is 5.78. The Bertz CT molecular complexity index is 330. The van der Waals surface area contributed by atoms with Crippen molar-refractivity contribution in [1.82, 2.24) is 10.6 Å². The molecule has 0 radical (unpaired) electrons. The van der Waals surface area contributed by atoms with Crippen LogP contribution >= 0.6 is 0 Å². The van der Waals surface area contributed by atoms with Crippen LogP contribution in [0.4, 0.5) is 18.0 Å². The number of nitrogens with one attached hydrogen (secondary N) is 2. The zero-order valence-electron chi connectivity index (χ0n) is 11.1. The Morgan fingerprint density at radius 3 is 2.21 bits per heavy atom. The van der Waals surface area contributed by atoms with E-state index < -0.39 is 36.2 Å². The fourth-order valence-electron chi connectivity index (χ4n) is 1.45. The Kier molecular flexibility index (Phi) is 6.11. The molecule has 19 heavy (non-hydrogen) atoms. The number of rotatable bonds is 6. The average Bonchev–Trinajstić information content (AvgIpc) is 2.09. The molecular weight excluding hydrogens is 265 g/mol. The average molecular weight is 284 g/mol. The first-order valence-electron chi connectivity index (χ1n) is 5.78. The minimum absolute atomic E-state index is 0.134. The number of aliphatic carboxylic acids is 1. The maximum atomic E-state index is 12.1. The highest BCUT2D eigenvalue weighted by atomic mass is 19.4. The number of carboxylic acid groups (broad SMARTS) is 1. The zero-order chi connectivity index (χ0) is 15.3. The number of carbonyl (C=O) groups excluding carboxylic acids is 1. The predicted octanol–water partition coefficient (Wildman–Crippen LogP) is 2.27. The number of hydrogen-bond acceptors (Lipinski definition) is 2. The standard InChI is InChI=1S/C11H19F3N2O3/c1-7(6-11(12,13)14)15-9(19)16-10(2,3)5-4-8(17)18/h7H,4-6H2,1-3H3,(H,17,18)(H2,15,16,19). The largest absolute Gasteiger partial charge is 0.481 e. The van der Waals surface area contributed by atoms with E-state index in [9.17, 15) is 22.8 Å². The molecule has 3 N–H and O–H groups in total. The lowest BCUT2D eigenvalue weighted by Gasteiger charge is -2.27. The minimum Gasteiger partial charge on any atom is -0.481 e. The molecule has 0 saturated heterocycles. The lowest BCUT2D eigenvalue weighted by Crippen LogP contribution is -2.51. The molecule has 1 unspecified atom stereocenters. The van der Waals surface area contributed by atoms with Crippen LogP contribution < -0.4 is 10.6 Å². The van der Waals surface area contributed by atoms with Crippen molar-refractivity contribution in [3.05, 3.63) is 0 Å². The number of amides is 2. The first-order chi connectivity index (χ1) is 8.41. The first kappa shape index (κ1) is 17.5. The van der Waals surface area contributed by atoms with Crippen LogP contribution in [0.5, 0.6) is 0 Å². The van der Waals surface area contributed by atoms with Crippen molar-refractivity contribution in [2.24, 2.45) is 0 Å². The smallest absolute Gasteiger partial charge is 0.391 e. The Labute approximate surface area is 109 Å². The van der Waals surface area contributed by atoms with Gasteiger partial charge in [0.2, 0.25) is 0 Å². The van der Waals surface area contributed by atoms with Crippen molar-refractivity contribution >= 4 is 12.0 Å². The minimum atomic E-state index is -4.34. The van der Waals surface area contributed by atoms with Gasteiger partial charge in [-0.3, -0.25) is 4.79 Å². The van der Waals surface area contributed by atoms with Gasteiger partial charge >= 0.3 is 18.2 Å². The number of halogens is 3. The highest BCUT2D eigenvalue weighted by Gasteiger charge is 2.31. The number of hydrogen-bond donors (Lipinski definition) is 3.